The summed E-state index contributed by atoms with van der Waals surface area (Å²) in [4.78, 5) is 10.8. The molecule has 0 aliphatic carbocycles. The van der Waals surface area contributed by atoms with Crippen LogP contribution in [-0.2, 0) is 19.0 Å². The first-order valence-corrected chi connectivity index (χ1v) is 6.24. The van der Waals surface area contributed by atoms with Crippen molar-refractivity contribution in [3.8, 4) is 0 Å². The first kappa shape index (κ1) is 14.4. The molecule has 1 N–H and O–H groups in total. The summed E-state index contributed by atoms with van der Waals surface area (Å²) in [7, 11) is 0. The fraction of sp³-hybridized carbons (Fsp3) is 0.917. The second-order valence-corrected chi connectivity index (χ2v) is 4.20. The SMILES string of the molecule is CCOC(CCOCC1CCOCC1)C(=O)O. The van der Waals surface area contributed by atoms with Gasteiger partial charge in [-0.25, -0.2) is 4.79 Å². The Hall–Kier alpha value is -0.650. The lowest BCUT2D eigenvalue weighted by Gasteiger charge is -2.22. The summed E-state index contributed by atoms with van der Waals surface area (Å²) in [5, 5.41) is 8.86. The van der Waals surface area contributed by atoms with Gasteiger partial charge >= 0.3 is 5.97 Å². The maximum atomic E-state index is 10.8. The third-order valence-corrected chi connectivity index (χ3v) is 2.86. The van der Waals surface area contributed by atoms with Gasteiger partial charge in [-0.15, -0.1) is 0 Å². The topological polar surface area (TPSA) is 65.0 Å². The molecule has 5 heteroatoms. The van der Waals surface area contributed by atoms with Gasteiger partial charge < -0.3 is 19.3 Å². The predicted molar refractivity (Wildman–Crippen MR) is 62.0 cm³/mol. The summed E-state index contributed by atoms with van der Waals surface area (Å²) >= 11 is 0. The van der Waals surface area contributed by atoms with Crippen molar-refractivity contribution in [2.24, 2.45) is 5.92 Å². The molecule has 0 aromatic rings. The van der Waals surface area contributed by atoms with E-state index in [-0.39, 0.29) is 0 Å². The fourth-order valence-electron chi connectivity index (χ4n) is 1.83. The number of aliphatic carboxylic acids is 1. The van der Waals surface area contributed by atoms with E-state index in [4.69, 9.17) is 19.3 Å². The smallest absolute Gasteiger partial charge is 0.332 e. The zero-order chi connectivity index (χ0) is 12.5. The predicted octanol–water partition coefficient (Wildman–Crippen LogP) is 1.31. The molecule has 1 fully saturated rings. The Bertz CT molecular complexity index is 213. The van der Waals surface area contributed by atoms with Crippen LogP contribution in [0, 0.1) is 5.92 Å². The number of carboxylic acids is 1. The molecule has 17 heavy (non-hydrogen) atoms. The van der Waals surface area contributed by atoms with E-state index >= 15 is 0 Å². The molecule has 100 valence electrons. The second-order valence-electron chi connectivity index (χ2n) is 4.20. The van der Waals surface area contributed by atoms with Gasteiger partial charge in [0.05, 0.1) is 0 Å². The summed E-state index contributed by atoms with van der Waals surface area (Å²) in [5.41, 5.74) is 0. The lowest BCUT2D eigenvalue weighted by atomic mass is 10.0. The Morgan fingerprint density at radius 1 is 1.47 bits per heavy atom. The van der Waals surface area contributed by atoms with Crippen molar-refractivity contribution in [2.45, 2.75) is 32.3 Å². The van der Waals surface area contributed by atoms with E-state index in [0.717, 1.165) is 26.1 Å². The molecule has 1 aliphatic heterocycles. The molecule has 1 saturated heterocycles. The summed E-state index contributed by atoms with van der Waals surface area (Å²) in [6.45, 7) is 4.96. The van der Waals surface area contributed by atoms with Crippen LogP contribution in [0.4, 0.5) is 0 Å². The molecular formula is C12H22O5. The molecule has 1 rings (SSSR count). The molecule has 0 aromatic carbocycles. The van der Waals surface area contributed by atoms with Gasteiger partial charge in [-0.05, 0) is 25.7 Å². The standard InChI is InChI=1S/C12H22O5/c1-2-17-11(12(13)14)5-8-16-9-10-3-6-15-7-4-10/h10-11H,2-9H2,1H3,(H,13,14). The van der Waals surface area contributed by atoms with Crippen LogP contribution in [0.1, 0.15) is 26.2 Å². The lowest BCUT2D eigenvalue weighted by molar-refractivity contribution is -0.151. The Balaban J connectivity index is 2.06. The Kier molecular flexibility index (Phi) is 7.16. The third-order valence-electron chi connectivity index (χ3n) is 2.86. The van der Waals surface area contributed by atoms with E-state index in [9.17, 15) is 4.79 Å². The first-order valence-electron chi connectivity index (χ1n) is 6.24. The van der Waals surface area contributed by atoms with E-state index in [1.807, 2.05) is 0 Å². The number of hydrogen-bond donors (Lipinski definition) is 1. The molecule has 1 aliphatic rings. The van der Waals surface area contributed by atoms with E-state index in [1.165, 1.54) is 0 Å². The van der Waals surface area contributed by atoms with E-state index in [0.29, 0.717) is 32.2 Å². The number of hydrogen-bond acceptors (Lipinski definition) is 4. The molecule has 0 amide bonds. The number of ether oxygens (including phenoxy) is 3. The van der Waals surface area contributed by atoms with Crippen molar-refractivity contribution >= 4 is 5.97 Å². The normalized spacial score (nSPS) is 19.1. The van der Waals surface area contributed by atoms with E-state index in [2.05, 4.69) is 0 Å². The summed E-state index contributed by atoms with van der Waals surface area (Å²) < 4.78 is 15.9. The highest BCUT2D eigenvalue weighted by Crippen LogP contribution is 2.14. The van der Waals surface area contributed by atoms with Gasteiger partial charge in [0.25, 0.3) is 0 Å². The number of carboxylic acid groups (broad SMARTS) is 1. The maximum absolute atomic E-state index is 10.8. The average molecular weight is 246 g/mol. The van der Waals surface area contributed by atoms with Gasteiger partial charge in [-0.2, -0.15) is 0 Å². The molecular weight excluding hydrogens is 224 g/mol. The number of carbonyl (C=O) groups is 1. The van der Waals surface area contributed by atoms with Gasteiger partial charge in [0.15, 0.2) is 6.10 Å². The van der Waals surface area contributed by atoms with Gasteiger partial charge in [-0.1, -0.05) is 0 Å². The monoisotopic (exact) mass is 246 g/mol. The Morgan fingerprint density at radius 3 is 2.76 bits per heavy atom. The van der Waals surface area contributed by atoms with Crippen LogP contribution in [0.5, 0.6) is 0 Å². The van der Waals surface area contributed by atoms with Gasteiger partial charge in [0, 0.05) is 39.5 Å². The molecule has 0 aromatic heterocycles. The molecule has 1 unspecified atom stereocenters. The van der Waals surface area contributed by atoms with Crippen molar-refractivity contribution in [3.63, 3.8) is 0 Å². The van der Waals surface area contributed by atoms with Gasteiger partial charge in [0.1, 0.15) is 0 Å². The quantitative estimate of drug-likeness (QED) is 0.654. The zero-order valence-electron chi connectivity index (χ0n) is 10.4. The van der Waals surface area contributed by atoms with Gasteiger partial charge in [0.2, 0.25) is 0 Å². The lowest BCUT2D eigenvalue weighted by Crippen LogP contribution is -2.26. The summed E-state index contributed by atoms with van der Waals surface area (Å²) in [6, 6.07) is 0. The van der Waals surface area contributed by atoms with Crippen LogP contribution < -0.4 is 0 Å². The highest BCUT2D eigenvalue weighted by molar-refractivity contribution is 5.72. The molecule has 5 nitrogen and oxygen atoms in total. The molecule has 0 radical (unpaired) electrons. The average Bonchev–Trinajstić information content (AvgIpc) is 2.34. The molecule has 0 bridgehead atoms. The highest BCUT2D eigenvalue weighted by atomic mass is 16.5. The van der Waals surface area contributed by atoms with Crippen LogP contribution in [-0.4, -0.2) is 50.2 Å². The molecule has 0 spiro atoms. The molecule has 1 atom stereocenters. The second kappa shape index (κ2) is 8.44. The minimum Gasteiger partial charge on any atom is -0.479 e. The van der Waals surface area contributed by atoms with Gasteiger partial charge in [-0.3, -0.25) is 0 Å². The molecule has 0 saturated carbocycles. The van der Waals surface area contributed by atoms with Crippen LogP contribution in [0.25, 0.3) is 0 Å². The Labute approximate surface area is 102 Å². The fourth-order valence-corrected chi connectivity index (χ4v) is 1.83. The zero-order valence-corrected chi connectivity index (χ0v) is 10.4. The largest absolute Gasteiger partial charge is 0.479 e. The summed E-state index contributed by atoms with van der Waals surface area (Å²) in [6.07, 6.45) is 1.74. The molecule has 1 heterocycles. The highest BCUT2D eigenvalue weighted by Gasteiger charge is 2.18. The van der Waals surface area contributed by atoms with Crippen molar-refractivity contribution in [2.75, 3.05) is 33.0 Å². The minimum atomic E-state index is -0.915. The third kappa shape index (κ3) is 6.00. The van der Waals surface area contributed by atoms with Crippen molar-refractivity contribution < 1.29 is 24.1 Å². The van der Waals surface area contributed by atoms with Crippen molar-refractivity contribution in [3.05, 3.63) is 0 Å². The summed E-state index contributed by atoms with van der Waals surface area (Å²) in [5.74, 6) is -0.361. The van der Waals surface area contributed by atoms with Crippen molar-refractivity contribution in [1.29, 1.82) is 0 Å². The van der Waals surface area contributed by atoms with Crippen LogP contribution in [0.3, 0.4) is 0 Å². The van der Waals surface area contributed by atoms with Crippen LogP contribution in [0.2, 0.25) is 0 Å². The first-order chi connectivity index (χ1) is 8.24. The number of rotatable bonds is 8. The van der Waals surface area contributed by atoms with Crippen molar-refractivity contribution in [1.82, 2.24) is 0 Å². The minimum absolute atomic E-state index is 0.409. The van der Waals surface area contributed by atoms with Crippen LogP contribution in [0.15, 0.2) is 0 Å². The van der Waals surface area contributed by atoms with Crippen LogP contribution >= 0.6 is 0 Å². The van der Waals surface area contributed by atoms with E-state index in [1.54, 1.807) is 6.92 Å². The Morgan fingerprint density at radius 2 is 2.18 bits per heavy atom. The maximum Gasteiger partial charge on any atom is 0.332 e. The van der Waals surface area contributed by atoms with E-state index < -0.39 is 12.1 Å².